The minimum Gasteiger partial charge on any atom is -0.396 e. The molecule has 1 saturated carbocycles. The van der Waals surface area contributed by atoms with Crippen molar-refractivity contribution in [2.45, 2.75) is 6.42 Å². The third-order valence-corrected chi connectivity index (χ3v) is 3.17. The van der Waals surface area contributed by atoms with E-state index in [1.807, 2.05) is 6.08 Å². The zero-order chi connectivity index (χ0) is 7.84. The van der Waals surface area contributed by atoms with Gasteiger partial charge in [-0.2, -0.15) is 0 Å². The largest absolute Gasteiger partial charge is 0.396 e. The molecule has 1 nitrogen and oxygen atoms in total. The van der Waals surface area contributed by atoms with Crippen LogP contribution in [0.4, 0.5) is 0 Å². The average molecular weight is 150 g/mol. The summed E-state index contributed by atoms with van der Waals surface area (Å²) in [6.45, 7) is 4.14. The van der Waals surface area contributed by atoms with Gasteiger partial charge >= 0.3 is 0 Å². The SMILES string of the molecule is C=C[C@@H]1[C@@H](CO)[C@@H]2C=C[C@@H]1C2. The lowest BCUT2D eigenvalue weighted by Crippen LogP contribution is -2.20. The Morgan fingerprint density at radius 1 is 1.45 bits per heavy atom. The van der Waals surface area contributed by atoms with Gasteiger partial charge in [0.05, 0.1) is 0 Å². The highest BCUT2D eigenvalue weighted by atomic mass is 16.3. The molecule has 0 heterocycles. The van der Waals surface area contributed by atoms with Gasteiger partial charge in [-0.15, -0.1) is 6.58 Å². The number of fused-ring (bicyclic) bond motifs is 2. The standard InChI is InChI=1S/C10H14O/c1-2-9-7-3-4-8(5-7)10(9)6-11/h2-4,7-11H,1,5-6H2/t7-,8-,9+,10+/m1/s1. The first kappa shape index (κ1) is 7.11. The van der Waals surface area contributed by atoms with Crippen LogP contribution in [-0.4, -0.2) is 11.7 Å². The third kappa shape index (κ3) is 0.875. The van der Waals surface area contributed by atoms with E-state index in [1.165, 1.54) is 6.42 Å². The van der Waals surface area contributed by atoms with Crippen LogP contribution in [0, 0.1) is 23.7 Å². The molecular weight excluding hydrogens is 136 g/mol. The normalized spacial score (nSPS) is 46.6. The van der Waals surface area contributed by atoms with Crippen LogP contribution in [0.2, 0.25) is 0 Å². The molecule has 2 bridgehead atoms. The number of allylic oxidation sites excluding steroid dienone is 3. The fraction of sp³-hybridized carbons (Fsp3) is 0.600. The summed E-state index contributed by atoms with van der Waals surface area (Å²) in [7, 11) is 0. The summed E-state index contributed by atoms with van der Waals surface area (Å²) in [5.41, 5.74) is 0. The Bertz CT molecular complexity index is 195. The highest BCUT2D eigenvalue weighted by Crippen LogP contribution is 2.47. The number of hydrogen-bond acceptors (Lipinski definition) is 1. The summed E-state index contributed by atoms with van der Waals surface area (Å²) < 4.78 is 0. The Morgan fingerprint density at radius 2 is 2.18 bits per heavy atom. The molecule has 4 atom stereocenters. The summed E-state index contributed by atoms with van der Waals surface area (Å²) in [4.78, 5) is 0. The van der Waals surface area contributed by atoms with Gasteiger partial charge in [0.2, 0.25) is 0 Å². The first-order valence-corrected chi connectivity index (χ1v) is 4.28. The number of hydrogen-bond donors (Lipinski definition) is 1. The van der Waals surface area contributed by atoms with E-state index in [2.05, 4.69) is 18.7 Å². The number of aliphatic hydroxyl groups is 1. The molecule has 1 heteroatoms. The molecular formula is C10H14O. The minimum absolute atomic E-state index is 0.322. The molecule has 0 saturated heterocycles. The molecule has 0 unspecified atom stereocenters. The second kappa shape index (κ2) is 2.49. The quantitative estimate of drug-likeness (QED) is 0.593. The maximum atomic E-state index is 9.11. The first-order chi connectivity index (χ1) is 5.36. The van der Waals surface area contributed by atoms with Gasteiger partial charge in [0.1, 0.15) is 0 Å². The van der Waals surface area contributed by atoms with E-state index in [4.69, 9.17) is 5.11 Å². The highest BCUT2D eigenvalue weighted by molar-refractivity contribution is 5.16. The van der Waals surface area contributed by atoms with Crippen LogP contribution < -0.4 is 0 Å². The second-order valence-electron chi connectivity index (χ2n) is 3.61. The van der Waals surface area contributed by atoms with Crippen LogP contribution in [0.15, 0.2) is 24.8 Å². The summed E-state index contributed by atoms with van der Waals surface area (Å²) in [5.74, 6) is 2.31. The zero-order valence-corrected chi connectivity index (χ0v) is 6.61. The van der Waals surface area contributed by atoms with E-state index in [1.54, 1.807) is 0 Å². The van der Waals surface area contributed by atoms with Crippen molar-refractivity contribution in [3.63, 3.8) is 0 Å². The van der Waals surface area contributed by atoms with Gasteiger partial charge in [-0.3, -0.25) is 0 Å². The van der Waals surface area contributed by atoms with Crippen LogP contribution in [-0.2, 0) is 0 Å². The van der Waals surface area contributed by atoms with Crippen LogP contribution in [0.1, 0.15) is 6.42 Å². The molecule has 60 valence electrons. The average Bonchev–Trinajstić information content (AvgIpc) is 2.60. The van der Waals surface area contributed by atoms with Crippen molar-refractivity contribution in [3.05, 3.63) is 24.8 Å². The Balaban J connectivity index is 2.21. The maximum Gasteiger partial charge on any atom is 0.0470 e. The summed E-state index contributed by atoms with van der Waals surface area (Å²) in [6.07, 6.45) is 7.78. The predicted molar refractivity (Wildman–Crippen MR) is 45.0 cm³/mol. The van der Waals surface area contributed by atoms with Crippen molar-refractivity contribution in [2.24, 2.45) is 23.7 Å². The van der Waals surface area contributed by atoms with Gasteiger partial charge in [-0.05, 0) is 30.1 Å². The van der Waals surface area contributed by atoms with Crippen LogP contribution in [0.25, 0.3) is 0 Å². The van der Waals surface area contributed by atoms with E-state index in [9.17, 15) is 0 Å². The summed E-state index contributed by atoms with van der Waals surface area (Å²) in [5, 5.41) is 9.11. The zero-order valence-electron chi connectivity index (χ0n) is 6.61. The Hall–Kier alpha value is -0.560. The molecule has 2 aliphatic carbocycles. The van der Waals surface area contributed by atoms with Crippen molar-refractivity contribution < 1.29 is 5.11 Å². The maximum absolute atomic E-state index is 9.11. The van der Waals surface area contributed by atoms with Gasteiger partial charge in [-0.25, -0.2) is 0 Å². The topological polar surface area (TPSA) is 20.2 Å². The van der Waals surface area contributed by atoms with Gasteiger partial charge in [-0.1, -0.05) is 18.2 Å². The minimum atomic E-state index is 0.322. The third-order valence-electron chi connectivity index (χ3n) is 3.17. The molecule has 0 aromatic rings. The van der Waals surface area contributed by atoms with Gasteiger partial charge in [0.15, 0.2) is 0 Å². The van der Waals surface area contributed by atoms with E-state index >= 15 is 0 Å². The fourth-order valence-electron chi connectivity index (χ4n) is 2.57. The van der Waals surface area contributed by atoms with Crippen LogP contribution >= 0.6 is 0 Å². The lowest BCUT2D eigenvalue weighted by atomic mass is 9.84. The van der Waals surface area contributed by atoms with E-state index < -0.39 is 0 Å². The predicted octanol–water partition coefficient (Wildman–Crippen LogP) is 1.60. The monoisotopic (exact) mass is 150 g/mol. The van der Waals surface area contributed by atoms with Crippen molar-refractivity contribution in [3.8, 4) is 0 Å². The van der Waals surface area contributed by atoms with Gasteiger partial charge in [0.25, 0.3) is 0 Å². The summed E-state index contributed by atoms with van der Waals surface area (Å²) >= 11 is 0. The first-order valence-electron chi connectivity index (χ1n) is 4.28. The lowest BCUT2D eigenvalue weighted by Gasteiger charge is -2.22. The Kier molecular flexibility index (Phi) is 1.61. The second-order valence-corrected chi connectivity index (χ2v) is 3.61. The molecule has 0 aliphatic heterocycles. The molecule has 1 N–H and O–H groups in total. The van der Waals surface area contributed by atoms with Crippen LogP contribution in [0.3, 0.4) is 0 Å². The molecule has 0 aromatic heterocycles. The van der Waals surface area contributed by atoms with Crippen molar-refractivity contribution in [1.82, 2.24) is 0 Å². The molecule has 1 fully saturated rings. The lowest BCUT2D eigenvalue weighted by molar-refractivity contribution is 0.183. The molecule has 2 rings (SSSR count). The van der Waals surface area contributed by atoms with Crippen LogP contribution in [0.5, 0.6) is 0 Å². The van der Waals surface area contributed by atoms with Crippen molar-refractivity contribution >= 4 is 0 Å². The van der Waals surface area contributed by atoms with Gasteiger partial charge < -0.3 is 5.11 Å². The highest BCUT2D eigenvalue weighted by Gasteiger charge is 2.42. The number of rotatable bonds is 2. The summed E-state index contributed by atoms with van der Waals surface area (Å²) in [6, 6.07) is 0. The molecule has 11 heavy (non-hydrogen) atoms. The van der Waals surface area contributed by atoms with Crippen molar-refractivity contribution in [1.29, 1.82) is 0 Å². The molecule has 0 spiro atoms. The van der Waals surface area contributed by atoms with E-state index in [0.717, 1.165) is 0 Å². The van der Waals surface area contributed by atoms with Gasteiger partial charge in [0, 0.05) is 6.61 Å². The molecule has 2 aliphatic rings. The fourth-order valence-corrected chi connectivity index (χ4v) is 2.57. The van der Waals surface area contributed by atoms with E-state index in [-0.39, 0.29) is 0 Å². The Labute approximate surface area is 67.4 Å². The molecule has 0 radical (unpaired) electrons. The smallest absolute Gasteiger partial charge is 0.0470 e. The number of aliphatic hydroxyl groups excluding tert-OH is 1. The Morgan fingerprint density at radius 3 is 2.73 bits per heavy atom. The molecule has 0 amide bonds. The van der Waals surface area contributed by atoms with E-state index in [0.29, 0.717) is 30.3 Å². The van der Waals surface area contributed by atoms with Crippen molar-refractivity contribution in [2.75, 3.05) is 6.61 Å². The molecule has 0 aromatic carbocycles.